The Hall–Kier alpha value is -1.14. The highest BCUT2D eigenvalue weighted by atomic mass is 16.5. The van der Waals surface area contributed by atoms with Crippen LogP contribution in [0.2, 0.25) is 0 Å². The number of carbonyl (C=O) groups is 2. The van der Waals surface area contributed by atoms with Crippen molar-refractivity contribution in [1.82, 2.24) is 5.32 Å². The average molecular weight is 879 g/mol. The van der Waals surface area contributed by atoms with E-state index in [0.29, 0.717) is 19.3 Å². The van der Waals surface area contributed by atoms with Crippen LogP contribution in [-0.2, 0) is 14.3 Å². The third kappa shape index (κ3) is 45.4. The highest BCUT2D eigenvalue weighted by Crippen LogP contribution is 2.19. The second-order valence-electron chi connectivity index (χ2n) is 19.7. The second kappa shape index (κ2) is 50.9. The molecule has 0 aromatic rings. The van der Waals surface area contributed by atoms with Crippen LogP contribution in [0.3, 0.4) is 0 Å². The predicted octanol–water partition coefficient (Wildman–Crippen LogP) is 17.1. The summed E-state index contributed by atoms with van der Waals surface area (Å²) in [6.07, 6.45) is 56.0. The smallest absolute Gasteiger partial charge is 0.306 e. The van der Waals surface area contributed by atoms with Gasteiger partial charge in [0.15, 0.2) is 0 Å². The van der Waals surface area contributed by atoms with Crippen LogP contribution in [0.15, 0.2) is 0 Å². The molecule has 0 aliphatic heterocycles. The molecule has 1 amide bonds. The highest BCUT2D eigenvalue weighted by molar-refractivity contribution is 5.77. The van der Waals surface area contributed by atoms with Gasteiger partial charge in [0.25, 0.3) is 0 Å². The van der Waals surface area contributed by atoms with E-state index < -0.39 is 18.2 Å². The molecule has 6 heteroatoms. The topological polar surface area (TPSA) is 95.9 Å². The number of aliphatic hydroxyl groups excluding tert-OH is 2. The van der Waals surface area contributed by atoms with Gasteiger partial charge in [-0.2, -0.15) is 0 Å². The molecule has 0 saturated heterocycles. The van der Waals surface area contributed by atoms with Crippen LogP contribution in [0, 0.1) is 0 Å². The van der Waals surface area contributed by atoms with Crippen LogP contribution < -0.4 is 5.32 Å². The van der Waals surface area contributed by atoms with E-state index in [2.05, 4.69) is 26.1 Å². The van der Waals surface area contributed by atoms with E-state index in [9.17, 15) is 19.8 Å². The first-order valence-electron chi connectivity index (χ1n) is 28.3. The number of ether oxygens (including phenoxy) is 1. The molecule has 3 N–H and O–H groups in total. The third-order valence-corrected chi connectivity index (χ3v) is 13.4. The maximum atomic E-state index is 13.2. The molecular formula is C56H111NO5. The molecule has 0 spiro atoms. The highest BCUT2D eigenvalue weighted by Gasteiger charge is 2.24. The average Bonchev–Trinajstić information content (AvgIpc) is 3.26. The Morgan fingerprint density at radius 2 is 0.677 bits per heavy atom. The first kappa shape index (κ1) is 60.9. The van der Waals surface area contributed by atoms with Crippen LogP contribution in [0.5, 0.6) is 0 Å². The number of aliphatic hydroxyl groups is 2. The molecule has 3 unspecified atom stereocenters. The van der Waals surface area contributed by atoms with Crippen molar-refractivity contribution in [2.75, 3.05) is 6.61 Å². The van der Waals surface area contributed by atoms with Crippen molar-refractivity contribution < 1.29 is 24.5 Å². The fraction of sp³-hybridized carbons (Fsp3) is 0.964. The lowest BCUT2D eigenvalue weighted by Gasteiger charge is -2.24. The van der Waals surface area contributed by atoms with Crippen LogP contribution in [0.1, 0.15) is 323 Å². The lowest BCUT2D eigenvalue weighted by molar-refractivity contribution is -0.151. The summed E-state index contributed by atoms with van der Waals surface area (Å²) in [5, 5.41) is 23.8. The molecule has 0 fully saturated rings. The van der Waals surface area contributed by atoms with Crippen LogP contribution in [0.25, 0.3) is 0 Å². The van der Waals surface area contributed by atoms with Crippen molar-refractivity contribution in [3.8, 4) is 0 Å². The van der Waals surface area contributed by atoms with Gasteiger partial charge in [-0.25, -0.2) is 0 Å². The summed E-state index contributed by atoms with van der Waals surface area (Å²) >= 11 is 0. The summed E-state index contributed by atoms with van der Waals surface area (Å²) in [5.41, 5.74) is 0. The number of esters is 1. The minimum Gasteiger partial charge on any atom is -0.462 e. The monoisotopic (exact) mass is 878 g/mol. The minimum atomic E-state index is -0.779. The van der Waals surface area contributed by atoms with Crippen molar-refractivity contribution in [2.45, 2.75) is 341 Å². The molecule has 0 saturated carbocycles. The number of carbonyl (C=O) groups excluding carboxylic acids is 2. The van der Waals surface area contributed by atoms with Gasteiger partial charge >= 0.3 is 5.97 Å². The van der Waals surface area contributed by atoms with Crippen LogP contribution in [-0.4, -0.2) is 46.9 Å². The van der Waals surface area contributed by atoms with Gasteiger partial charge in [-0.3, -0.25) is 9.59 Å². The van der Waals surface area contributed by atoms with Gasteiger partial charge < -0.3 is 20.3 Å². The summed E-state index contributed by atoms with van der Waals surface area (Å²) in [6.45, 7) is 6.52. The molecule has 6 nitrogen and oxygen atoms in total. The van der Waals surface area contributed by atoms with Gasteiger partial charge in [-0.1, -0.05) is 284 Å². The van der Waals surface area contributed by atoms with Crippen molar-refractivity contribution in [1.29, 1.82) is 0 Å². The third-order valence-electron chi connectivity index (χ3n) is 13.4. The van der Waals surface area contributed by atoms with E-state index in [1.165, 1.54) is 238 Å². The summed E-state index contributed by atoms with van der Waals surface area (Å²) in [4.78, 5) is 26.2. The molecule has 0 aromatic carbocycles. The van der Waals surface area contributed by atoms with Gasteiger partial charge in [0.1, 0.15) is 6.10 Å². The maximum absolute atomic E-state index is 13.2. The van der Waals surface area contributed by atoms with E-state index in [0.717, 1.165) is 38.5 Å². The van der Waals surface area contributed by atoms with Crippen molar-refractivity contribution >= 4 is 11.9 Å². The first-order chi connectivity index (χ1) is 30.5. The van der Waals surface area contributed by atoms with Gasteiger partial charge in [0.2, 0.25) is 5.91 Å². The molecule has 0 bridgehead atoms. The maximum Gasteiger partial charge on any atom is 0.306 e. The first-order valence-corrected chi connectivity index (χ1v) is 28.3. The molecule has 0 aliphatic rings. The van der Waals surface area contributed by atoms with Gasteiger partial charge in [-0.05, 0) is 25.7 Å². The van der Waals surface area contributed by atoms with Crippen LogP contribution in [0.4, 0.5) is 0 Å². The lowest BCUT2D eigenvalue weighted by atomic mass is 10.0. The number of hydrogen-bond acceptors (Lipinski definition) is 5. The summed E-state index contributed by atoms with van der Waals surface area (Å²) in [5.74, 6) is -0.446. The summed E-state index contributed by atoms with van der Waals surface area (Å²) < 4.78 is 5.96. The zero-order valence-electron chi connectivity index (χ0n) is 42.3. The molecule has 0 rings (SSSR count). The van der Waals surface area contributed by atoms with Gasteiger partial charge in [0, 0.05) is 6.42 Å². The molecule has 0 aromatic heterocycles. The second-order valence-corrected chi connectivity index (χ2v) is 19.7. The summed E-state index contributed by atoms with van der Waals surface area (Å²) in [7, 11) is 0. The van der Waals surface area contributed by atoms with Gasteiger partial charge in [0.05, 0.1) is 25.2 Å². The Kier molecular flexibility index (Phi) is 49.9. The Morgan fingerprint density at radius 3 is 0.984 bits per heavy atom. The fourth-order valence-corrected chi connectivity index (χ4v) is 9.14. The van der Waals surface area contributed by atoms with Crippen LogP contribution >= 0.6 is 0 Å². The molecule has 0 radical (unpaired) electrons. The minimum absolute atomic E-state index is 0.0884. The van der Waals surface area contributed by atoms with E-state index in [1.54, 1.807) is 0 Å². The van der Waals surface area contributed by atoms with Crippen molar-refractivity contribution in [3.05, 3.63) is 0 Å². The Morgan fingerprint density at radius 1 is 0.403 bits per heavy atom. The standard InChI is InChI=1S/C56H111NO5/c1-4-7-10-13-16-19-22-24-26-28-30-33-35-38-41-44-47-52(62-56(61)49-46-43-40-37-34-31-29-27-25-23-20-17-14-11-8-5-2)50-55(60)57-53(51-58)54(59)48-45-42-39-36-32-21-18-15-12-9-6-3/h52-54,58-59H,4-51H2,1-3H3,(H,57,60). The zero-order valence-corrected chi connectivity index (χ0v) is 42.3. The summed E-state index contributed by atoms with van der Waals surface area (Å²) in [6, 6.07) is -0.692. The van der Waals surface area contributed by atoms with E-state index in [4.69, 9.17) is 4.74 Å². The van der Waals surface area contributed by atoms with E-state index in [-0.39, 0.29) is 24.9 Å². The molecule has 0 heterocycles. The Balaban J connectivity index is 4.49. The van der Waals surface area contributed by atoms with Crippen molar-refractivity contribution in [3.63, 3.8) is 0 Å². The largest absolute Gasteiger partial charge is 0.462 e. The number of nitrogens with one attached hydrogen (secondary N) is 1. The van der Waals surface area contributed by atoms with Gasteiger partial charge in [-0.15, -0.1) is 0 Å². The number of unbranched alkanes of at least 4 members (excludes halogenated alkanes) is 40. The normalized spacial score (nSPS) is 13.0. The zero-order chi connectivity index (χ0) is 45.2. The quantitative estimate of drug-likeness (QED) is 0.0418. The van der Waals surface area contributed by atoms with Crippen molar-refractivity contribution in [2.24, 2.45) is 0 Å². The SMILES string of the molecule is CCCCCCCCCCCCCCCCCCC(=O)OC(CCCCCCCCCCCCCCCCCC)CC(=O)NC(CO)C(O)CCCCCCCCCCCCC. The lowest BCUT2D eigenvalue weighted by Crippen LogP contribution is -2.46. The molecule has 370 valence electrons. The number of amides is 1. The molecule has 62 heavy (non-hydrogen) atoms. The number of hydrogen-bond donors (Lipinski definition) is 3. The van der Waals surface area contributed by atoms with E-state index in [1.807, 2.05) is 0 Å². The predicted molar refractivity (Wildman–Crippen MR) is 269 cm³/mol. The fourth-order valence-electron chi connectivity index (χ4n) is 9.14. The molecular weight excluding hydrogens is 767 g/mol. The molecule has 0 aliphatic carbocycles. The Labute approximate surface area is 387 Å². The molecule has 3 atom stereocenters. The Bertz CT molecular complexity index is 898. The number of rotatable bonds is 52. The van der Waals surface area contributed by atoms with E-state index >= 15 is 0 Å².